The van der Waals surface area contributed by atoms with Gasteiger partial charge in [-0.3, -0.25) is 4.79 Å². The number of sulfonamides is 1. The highest BCUT2D eigenvalue weighted by Crippen LogP contribution is 2.35. The maximum Gasteiger partial charge on any atom is 0.252 e. The van der Waals surface area contributed by atoms with Crippen molar-refractivity contribution < 1.29 is 22.7 Å². The molecule has 4 rings (SSSR count). The van der Waals surface area contributed by atoms with Crippen molar-refractivity contribution in [2.24, 2.45) is 5.92 Å². The average Bonchev–Trinajstić information content (AvgIpc) is 3.33. The second-order valence-corrected chi connectivity index (χ2v) is 10.5. The van der Waals surface area contributed by atoms with Crippen molar-refractivity contribution in [3.63, 3.8) is 0 Å². The molecule has 3 heterocycles. The maximum absolute atomic E-state index is 13.2. The van der Waals surface area contributed by atoms with Gasteiger partial charge in [0.15, 0.2) is 11.5 Å². The SMILES string of the molecule is CCN(Cc1cccc2c1OCCO2)C(=O)C1CCN(S(=O)(=O)c2cccs2)CC1. The molecule has 0 spiro atoms. The van der Waals surface area contributed by atoms with Crippen molar-refractivity contribution >= 4 is 27.3 Å². The van der Waals surface area contributed by atoms with Gasteiger partial charge in [0.2, 0.25) is 5.91 Å². The molecule has 1 saturated heterocycles. The Morgan fingerprint density at radius 3 is 2.63 bits per heavy atom. The van der Waals surface area contributed by atoms with Gasteiger partial charge in [0.05, 0.1) is 0 Å². The van der Waals surface area contributed by atoms with Crippen LogP contribution in [0.3, 0.4) is 0 Å². The first-order chi connectivity index (χ1) is 14.5. The zero-order valence-electron chi connectivity index (χ0n) is 17.0. The molecule has 30 heavy (non-hydrogen) atoms. The number of benzene rings is 1. The molecular weight excluding hydrogens is 424 g/mol. The fraction of sp³-hybridized carbons (Fsp3) is 0.476. The Labute approximate surface area is 181 Å². The van der Waals surface area contributed by atoms with Gasteiger partial charge in [-0.05, 0) is 37.3 Å². The van der Waals surface area contributed by atoms with Gasteiger partial charge in [0, 0.05) is 37.7 Å². The zero-order chi connectivity index (χ0) is 21.1. The Balaban J connectivity index is 1.41. The van der Waals surface area contributed by atoms with E-state index in [4.69, 9.17) is 9.47 Å². The Bertz CT molecular complexity index is 983. The molecule has 0 atom stereocenters. The number of ether oxygens (including phenoxy) is 2. The van der Waals surface area contributed by atoms with E-state index in [0.29, 0.717) is 67.9 Å². The molecule has 0 radical (unpaired) electrons. The van der Waals surface area contributed by atoms with Crippen LogP contribution in [-0.2, 0) is 21.4 Å². The Morgan fingerprint density at radius 2 is 1.93 bits per heavy atom. The predicted molar refractivity (Wildman–Crippen MR) is 114 cm³/mol. The second kappa shape index (κ2) is 8.95. The summed E-state index contributed by atoms with van der Waals surface area (Å²) in [6.45, 7) is 4.76. The quantitative estimate of drug-likeness (QED) is 0.676. The van der Waals surface area contributed by atoms with Gasteiger partial charge >= 0.3 is 0 Å². The fourth-order valence-corrected chi connectivity index (χ4v) is 6.56. The lowest BCUT2D eigenvalue weighted by Gasteiger charge is -2.33. The number of piperidine rings is 1. The third kappa shape index (κ3) is 4.19. The normalized spacial score (nSPS) is 17.6. The van der Waals surface area contributed by atoms with Gasteiger partial charge in [-0.15, -0.1) is 11.3 Å². The highest BCUT2D eigenvalue weighted by molar-refractivity contribution is 7.91. The minimum atomic E-state index is -3.46. The molecule has 9 heteroatoms. The molecular formula is C21H26N2O5S2. The molecule has 1 aromatic heterocycles. The van der Waals surface area contributed by atoms with Crippen LogP contribution in [-0.4, -0.2) is 56.4 Å². The minimum absolute atomic E-state index is 0.0694. The summed E-state index contributed by atoms with van der Waals surface area (Å²) in [4.78, 5) is 15.0. The molecule has 162 valence electrons. The van der Waals surface area contributed by atoms with E-state index in [2.05, 4.69) is 0 Å². The van der Waals surface area contributed by atoms with Crippen molar-refractivity contribution in [1.82, 2.24) is 9.21 Å². The molecule has 0 aliphatic carbocycles. The number of thiophene rings is 1. The standard InChI is InChI=1S/C21H26N2O5S2/c1-2-22(15-17-5-3-6-18-20(17)28-13-12-27-18)21(24)16-8-10-23(11-9-16)30(25,26)19-7-4-14-29-19/h3-7,14,16H,2,8-13,15H2,1H3. The van der Waals surface area contributed by atoms with Crippen molar-refractivity contribution in [2.75, 3.05) is 32.8 Å². The Hall–Kier alpha value is -2.10. The molecule has 2 aliphatic rings. The molecule has 7 nitrogen and oxygen atoms in total. The number of carbonyl (C=O) groups is 1. The highest BCUT2D eigenvalue weighted by atomic mass is 32.2. The van der Waals surface area contributed by atoms with Gasteiger partial charge in [0.1, 0.15) is 17.4 Å². The highest BCUT2D eigenvalue weighted by Gasteiger charge is 2.34. The summed E-state index contributed by atoms with van der Waals surface area (Å²) in [6.07, 6.45) is 1.07. The maximum atomic E-state index is 13.2. The number of nitrogens with zero attached hydrogens (tertiary/aromatic N) is 2. The van der Waals surface area contributed by atoms with Gasteiger partial charge in [-0.25, -0.2) is 8.42 Å². The molecule has 1 aromatic carbocycles. The first kappa shape index (κ1) is 21.1. The zero-order valence-corrected chi connectivity index (χ0v) is 18.6. The number of hydrogen-bond donors (Lipinski definition) is 0. The molecule has 0 saturated carbocycles. The first-order valence-corrected chi connectivity index (χ1v) is 12.5. The summed E-state index contributed by atoms with van der Waals surface area (Å²) >= 11 is 1.22. The number of para-hydroxylation sites is 1. The molecule has 0 bridgehead atoms. The molecule has 2 aliphatic heterocycles. The molecule has 0 N–H and O–H groups in total. The van der Waals surface area contributed by atoms with Crippen LogP contribution in [0.2, 0.25) is 0 Å². The van der Waals surface area contributed by atoms with E-state index < -0.39 is 10.0 Å². The molecule has 2 aromatic rings. The number of hydrogen-bond acceptors (Lipinski definition) is 6. The Morgan fingerprint density at radius 1 is 1.17 bits per heavy atom. The van der Waals surface area contributed by atoms with E-state index in [1.807, 2.05) is 30.0 Å². The van der Waals surface area contributed by atoms with Crippen molar-refractivity contribution in [3.05, 3.63) is 41.3 Å². The molecule has 0 unspecified atom stereocenters. The average molecular weight is 451 g/mol. The van der Waals surface area contributed by atoms with E-state index in [1.54, 1.807) is 17.5 Å². The van der Waals surface area contributed by atoms with Crippen LogP contribution >= 0.6 is 11.3 Å². The number of carbonyl (C=O) groups excluding carboxylic acids is 1. The third-order valence-corrected chi connectivity index (χ3v) is 8.87. The van der Waals surface area contributed by atoms with Crippen LogP contribution in [0.5, 0.6) is 11.5 Å². The summed E-state index contributed by atoms with van der Waals surface area (Å²) in [5.41, 5.74) is 0.931. The summed E-state index contributed by atoms with van der Waals surface area (Å²) in [5.74, 6) is 1.33. The van der Waals surface area contributed by atoms with E-state index in [-0.39, 0.29) is 11.8 Å². The van der Waals surface area contributed by atoms with E-state index in [0.717, 1.165) is 5.56 Å². The van der Waals surface area contributed by atoms with Crippen LogP contribution in [0.15, 0.2) is 39.9 Å². The molecule has 1 fully saturated rings. The van der Waals surface area contributed by atoms with Gasteiger partial charge in [-0.1, -0.05) is 18.2 Å². The van der Waals surface area contributed by atoms with Gasteiger partial charge < -0.3 is 14.4 Å². The van der Waals surface area contributed by atoms with Crippen LogP contribution in [0.1, 0.15) is 25.3 Å². The van der Waals surface area contributed by atoms with Crippen LogP contribution in [0.25, 0.3) is 0 Å². The van der Waals surface area contributed by atoms with Gasteiger partial charge in [0.25, 0.3) is 10.0 Å². The number of amides is 1. The lowest BCUT2D eigenvalue weighted by atomic mass is 9.96. The van der Waals surface area contributed by atoms with Crippen molar-refractivity contribution in [2.45, 2.75) is 30.5 Å². The summed E-state index contributed by atoms with van der Waals surface area (Å²) in [7, 11) is -3.46. The minimum Gasteiger partial charge on any atom is -0.486 e. The van der Waals surface area contributed by atoms with Gasteiger partial charge in [-0.2, -0.15) is 4.31 Å². The lowest BCUT2D eigenvalue weighted by Crippen LogP contribution is -2.44. The summed E-state index contributed by atoms with van der Waals surface area (Å²) in [5, 5.41) is 1.76. The predicted octanol–water partition coefficient (Wildman–Crippen LogP) is 2.97. The van der Waals surface area contributed by atoms with E-state index >= 15 is 0 Å². The van der Waals surface area contributed by atoms with Crippen LogP contribution in [0.4, 0.5) is 0 Å². The van der Waals surface area contributed by atoms with E-state index in [1.165, 1.54) is 15.6 Å². The lowest BCUT2D eigenvalue weighted by molar-refractivity contribution is -0.137. The summed E-state index contributed by atoms with van der Waals surface area (Å²) < 4.78 is 38.7. The smallest absolute Gasteiger partial charge is 0.252 e. The third-order valence-electron chi connectivity index (χ3n) is 5.59. The first-order valence-electron chi connectivity index (χ1n) is 10.2. The fourth-order valence-electron chi connectivity index (χ4n) is 3.95. The van der Waals surface area contributed by atoms with Crippen molar-refractivity contribution in [3.8, 4) is 11.5 Å². The second-order valence-electron chi connectivity index (χ2n) is 7.40. The topological polar surface area (TPSA) is 76.2 Å². The summed E-state index contributed by atoms with van der Waals surface area (Å²) in [6, 6.07) is 9.11. The van der Waals surface area contributed by atoms with Crippen LogP contribution < -0.4 is 9.47 Å². The monoisotopic (exact) mass is 450 g/mol. The van der Waals surface area contributed by atoms with E-state index in [9.17, 15) is 13.2 Å². The number of fused-ring (bicyclic) bond motifs is 1. The Kier molecular flexibility index (Phi) is 6.31. The number of rotatable bonds is 6. The molecule has 1 amide bonds. The largest absolute Gasteiger partial charge is 0.486 e. The van der Waals surface area contributed by atoms with Crippen molar-refractivity contribution in [1.29, 1.82) is 0 Å². The van der Waals surface area contributed by atoms with Crippen LogP contribution in [0, 0.1) is 5.92 Å².